The second-order valence-corrected chi connectivity index (χ2v) is 6.43. The Hall–Kier alpha value is -2.87. The van der Waals surface area contributed by atoms with Gasteiger partial charge in [-0.3, -0.25) is 5.43 Å². The highest BCUT2D eigenvalue weighted by Crippen LogP contribution is 2.27. The van der Waals surface area contributed by atoms with E-state index in [4.69, 9.17) is 9.47 Å². The summed E-state index contributed by atoms with van der Waals surface area (Å²) in [7, 11) is -0.583. The molecule has 0 fully saturated rings. The van der Waals surface area contributed by atoms with Crippen molar-refractivity contribution < 1.29 is 17.9 Å². The van der Waals surface area contributed by atoms with Crippen LogP contribution in [0.5, 0.6) is 11.5 Å². The van der Waals surface area contributed by atoms with Crippen LogP contribution in [0.1, 0.15) is 11.1 Å². The van der Waals surface area contributed by atoms with Gasteiger partial charge in [0.1, 0.15) is 16.4 Å². The molecule has 0 spiro atoms. The Kier molecular flexibility index (Phi) is 4.22. The Morgan fingerprint density at radius 1 is 1.04 bits per heavy atom. The van der Waals surface area contributed by atoms with Gasteiger partial charge < -0.3 is 9.47 Å². The lowest BCUT2D eigenvalue weighted by Gasteiger charge is -2.09. The quantitative estimate of drug-likeness (QED) is 0.674. The number of ether oxygens (including phenoxy) is 2. The molecule has 0 aliphatic carbocycles. The van der Waals surface area contributed by atoms with Crippen molar-refractivity contribution in [1.82, 2.24) is 5.43 Å². The number of amidine groups is 1. The average Bonchev–Trinajstić information content (AvgIpc) is 2.86. The number of benzene rings is 2. The molecule has 1 aliphatic heterocycles. The van der Waals surface area contributed by atoms with Crippen molar-refractivity contribution in [2.24, 2.45) is 9.50 Å². The Bertz CT molecular complexity index is 914. The van der Waals surface area contributed by atoms with Crippen molar-refractivity contribution in [3.63, 3.8) is 0 Å². The smallest absolute Gasteiger partial charge is 0.285 e. The molecule has 0 aromatic heterocycles. The van der Waals surface area contributed by atoms with Gasteiger partial charge in [-0.25, -0.2) is 0 Å². The van der Waals surface area contributed by atoms with Crippen LogP contribution in [0.3, 0.4) is 0 Å². The van der Waals surface area contributed by atoms with E-state index in [0.29, 0.717) is 22.6 Å². The van der Waals surface area contributed by atoms with E-state index in [1.807, 2.05) is 0 Å². The maximum Gasteiger partial charge on any atom is 0.285 e. The van der Waals surface area contributed by atoms with Crippen LogP contribution in [-0.4, -0.2) is 34.7 Å². The molecule has 124 valence electrons. The van der Waals surface area contributed by atoms with E-state index < -0.39 is 10.0 Å². The number of rotatable bonds is 4. The van der Waals surface area contributed by atoms with E-state index in [0.717, 1.165) is 0 Å². The van der Waals surface area contributed by atoms with E-state index in [9.17, 15) is 8.42 Å². The van der Waals surface area contributed by atoms with Crippen molar-refractivity contribution in [3.05, 3.63) is 53.6 Å². The molecule has 24 heavy (non-hydrogen) atoms. The predicted octanol–water partition coefficient (Wildman–Crippen LogP) is 1.78. The van der Waals surface area contributed by atoms with E-state index in [2.05, 4.69) is 14.9 Å². The summed E-state index contributed by atoms with van der Waals surface area (Å²) in [5.41, 5.74) is 3.79. The molecule has 8 heteroatoms. The molecule has 1 N–H and O–H groups in total. The molecule has 0 bridgehead atoms. The van der Waals surface area contributed by atoms with Gasteiger partial charge in [0.15, 0.2) is 5.84 Å². The number of nitrogens with zero attached hydrogens (tertiary/aromatic N) is 2. The molecule has 0 atom stereocenters. The van der Waals surface area contributed by atoms with Gasteiger partial charge in [0, 0.05) is 5.56 Å². The Labute approximate surface area is 139 Å². The minimum atomic E-state index is -3.67. The fourth-order valence-electron chi connectivity index (χ4n) is 2.35. The largest absolute Gasteiger partial charge is 0.496 e. The van der Waals surface area contributed by atoms with Crippen molar-refractivity contribution >= 4 is 22.1 Å². The van der Waals surface area contributed by atoms with Gasteiger partial charge in [0.25, 0.3) is 10.0 Å². The van der Waals surface area contributed by atoms with Crippen LogP contribution in [0, 0.1) is 0 Å². The minimum Gasteiger partial charge on any atom is -0.496 e. The summed E-state index contributed by atoms with van der Waals surface area (Å²) in [5.74, 6) is 1.35. The Balaban J connectivity index is 1.89. The number of hydrogen-bond acceptors (Lipinski definition) is 6. The summed E-state index contributed by atoms with van der Waals surface area (Å²) in [6.07, 6.45) is 1.49. The van der Waals surface area contributed by atoms with Crippen molar-refractivity contribution in [1.29, 1.82) is 0 Å². The lowest BCUT2D eigenvalue weighted by molar-refractivity contribution is 0.393. The highest BCUT2D eigenvalue weighted by atomic mass is 32.2. The van der Waals surface area contributed by atoms with E-state index in [-0.39, 0.29) is 10.7 Å². The normalized spacial score (nSPS) is 15.0. The topological polar surface area (TPSA) is 89.3 Å². The van der Waals surface area contributed by atoms with Crippen molar-refractivity contribution in [3.8, 4) is 11.5 Å². The van der Waals surface area contributed by atoms with Gasteiger partial charge in [0.2, 0.25) is 0 Å². The van der Waals surface area contributed by atoms with Gasteiger partial charge in [-0.1, -0.05) is 18.2 Å². The fraction of sp³-hybridized carbons (Fsp3) is 0.125. The Morgan fingerprint density at radius 3 is 2.38 bits per heavy atom. The minimum absolute atomic E-state index is 0.164. The second-order valence-electron chi connectivity index (χ2n) is 4.86. The molecule has 0 amide bonds. The van der Waals surface area contributed by atoms with E-state index >= 15 is 0 Å². The van der Waals surface area contributed by atoms with Crippen molar-refractivity contribution in [2.75, 3.05) is 14.2 Å². The lowest BCUT2D eigenvalue weighted by Crippen LogP contribution is -2.17. The molecule has 0 radical (unpaired) electrons. The zero-order valence-corrected chi connectivity index (χ0v) is 13.9. The third kappa shape index (κ3) is 2.83. The first kappa shape index (κ1) is 16.0. The van der Waals surface area contributed by atoms with Gasteiger partial charge >= 0.3 is 0 Å². The molecule has 7 nitrogen and oxygen atoms in total. The maximum absolute atomic E-state index is 12.0. The number of hydrogen-bond donors (Lipinski definition) is 1. The molecule has 0 saturated heterocycles. The number of sulfonamides is 1. The molecule has 1 aliphatic rings. The third-order valence-electron chi connectivity index (χ3n) is 3.46. The van der Waals surface area contributed by atoms with E-state index in [1.165, 1.54) is 12.3 Å². The second kappa shape index (κ2) is 6.32. The van der Waals surface area contributed by atoms with Crippen LogP contribution >= 0.6 is 0 Å². The highest BCUT2D eigenvalue weighted by Gasteiger charge is 2.28. The van der Waals surface area contributed by atoms with Crippen LogP contribution in [0.15, 0.2) is 56.9 Å². The summed E-state index contributed by atoms with van der Waals surface area (Å²) >= 11 is 0. The summed E-state index contributed by atoms with van der Waals surface area (Å²) in [5, 5.41) is 4.08. The summed E-state index contributed by atoms with van der Waals surface area (Å²) in [6.45, 7) is 0. The SMILES string of the molecule is COc1cccc(OC)c1/C=N/NC1=NS(=O)(=O)c2ccccc21. The van der Waals surface area contributed by atoms with Crippen LogP contribution < -0.4 is 14.9 Å². The maximum atomic E-state index is 12.0. The first-order chi connectivity index (χ1) is 11.6. The first-order valence-electron chi connectivity index (χ1n) is 7.01. The Morgan fingerprint density at radius 2 is 1.71 bits per heavy atom. The monoisotopic (exact) mass is 345 g/mol. The molecule has 2 aromatic carbocycles. The molecular formula is C16H15N3O4S. The van der Waals surface area contributed by atoms with Gasteiger partial charge in [-0.15, -0.1) is 4.40 Å². The molecule has 3 rings (SSSR count). The van der Waals surface area contributed by atoms with Crippen LogP contribution in [0.25, 0.3) is 0 Å². The number of nitrogens with one attached hydrogen (secondary N) is 1. The molecule has 1 heterocycles. The lowest BCUT2D eigenvalue weighted by atomic mass is 10.2. The number of methoxy groups -OCH3 is 2. The van der Waals surface area contributed by atoms with Gasteiger partial charge in [-0.05, 0) is 24.3 Å². The molecule has 2 aromatic rings. The van der Waals surface area contributed by atoms with Crippen LogP contribution in [-0.2, 0) is 10.0 Å². The third-order valence-corrected chi connectivity index (χ3v) is 4.80. The zero-order valence-electron chi connectivity index (χ0n) is 13.1. The standard InChI is InChI=1S/C16H15N3O4S/c1-22-13-7-5-8-14(23-2)12(13)10-17-18-16-11-6-3-4-9-15(11)24(20,21)19-16/h3-10H,1-2H3,(H,18,19)/b17-10+. The molecule has 0 saturated carbocycles. The highest BCUT2D eigenvalue weighted by molar-refractivity contribution is 7.90. The number of fused-ring (bicyclic) bond motifs is 1. The molecule has 0 unspecified atom stereocenters. The van der Waals surface area contributed by atoms with Crippen LogP contribution in [0.2, 0.25) is 0 Å². The first-order valence-corrected chi connectivity index (χ1v) is 8.45. The van der Waals surface area contributed by atoms with Gasteiger partial charge in [0.05, 0.1) is 26.0 Å². The predicted molar refractivity (Wildman–Crippen MR) is 90.4 cm³/mol. The average molecular weight is 345 g/mol. The van der Waals surface area contributed by atoms with Gasteiger partial charge in [-0.2, -0.15) is 13.5 Å². The summed E-state index contributed by atoms with van der Waals surface area (Å²) in [6, 6.07) is 11.9. The van der Waals surface area contributed by atoms with Crippen LogP contribution in [0.4, 0.5) is 0 Å². The number of hydrazone groups is 1. The zero-order chi connectivity index (χ0) is 17.2. The van der Waals surface area contributed by atoms with E-state index in [1.54, 1.807) is 50.6 Å². The summed E-state index contributed by atoms with van der Waals surface area (Å²) < 4.78 is 38.2. The molecular weight excluding hydrogens is 330 g/mol. The van der Waals surface area contributed by atoms with Crippen molar-refractivity contribution in [2.45, 2.75) is 4.90 Å². The fourth-order valence-corrected chi connectivity index (χ4v) is 3.52. The summed E-state index contributed by atoms with van der Waals surface area (Å²) in [4.78, 5) is 0.164.